The van der Waals surface area contributed by atoms with Crippen molar-refractivity contribution in [1.82, 2.24) is 0 Å². The highest BCUT2D eigenvalue weighted by Crippen LogP contribution is 2.42. The molecule has 0 aliphatic carbocycles. The van der Waals surface area contributed by atoms with Crippen molar-refractivity contribution >= 4 is 53.9 Å². The van der Waals surface area contributed by atoms with Crippen LogP contribution in [0.4, 0.5) is 4.39 Å². The lowest BCUT2D eigenvalue weighted by molar-refractivity contribution is 0.620. The van der Waals surface area contributed by atoms with Crippen LogP contribution >= 0.6 is 0 Å². The first-order valence-electron chi connectivity index (χ1n) is 9.98. The second kappa shape index (κ2) is 5.78. The Balaban J connectivity index is 2.01. The van der Waals surface area contributed by atoms with Crippen LogP contribution in [0.1, 0.15) is 11.1 Å². The molecule has 0 atom stereocenters. The molecule has 0 heterocycles. The van der Waals surface area contributed by atoms with Gasteiger partial charge in [0.1, 0.15) is 5.82 Å². The van der Waals surface area contributed by atoms with Crippen LogP contribution in [0.25, 0.3) is 53.9 Å². The van der Waals surface area contributed by atoms with Gasteiger partial charge in [0.25, 0.3) is 0 Å². The first-order valence-corrected chi connectivity index (χ1v) is 9.98. The summed E-state index contributed by atoms with van der Waals surface area (Å²) < 4.78 is 14.8. The molecule has 0 fully saturated rings. The molecule has 0 radical (unpaired) electrons. The molecule has 1 heteroatoms. The second-order valence-electron chi connectivity index (χ2n) is 8.04. The Kier molecular flexibility index (Phi) is 3.29. The Morgan fingerprint density at radius 2 is 0.931 bits per heavy atom. The van der Waals surface area contributed by atoms with Gasteiger partial charge in [-0.2, -0.15) is 0 Å². The maximum Gasteiger partial charge on any atom is 0.127 e. The lowest BCUT2D eigenvalue weighted by Gasteiger charge is -2.17. The molecule has 0 saturated heterocycles. The minimum atomic E-state index is -0.135. The topological polar surface area (TPSA) is 0 Å². The van der Waals surface area contributed by atoms with Crippen LogP contribution in [0.5, 0.6) is 0 Å². The van der Waals surface area contributed by atoms with E-state index in [1.807, 2.05) is 13.8 Å². The molecule has 0 aliphatic rings. The van der Waals surface area contributed by atoms with Gasteiger partial charge in [0.15, 0.2) is 0 Å². The Morgan fingerprint density at radius 3 is 1.41 bits per heavy atom. The van der Waals surface area contributed by atoms with Crippen molar-refractivity contribution in [3.05, 3.63) is 95.8 Å². The van der Waals surface area contributed by atoms with Crippen molar-refractivity contribution in [2.45, 2.75) is 13.8 Å². The van der Waals surface area contributed by atoms with Crippen molar-refractivity contribution in [3.63, 3.8) is 0 Å². The second-order valence-corrected chi connectivity index (χ2v) is 8.04. The molecule has 0 nitrogen and oxygen atoms in total. The number of benzene rings is 6. The largest absolute Gasteiger partial charge is 0.207 e. The van der Waals surface area contributed by atoms with Gasteiger partial charge in [0, 0.05) is 0 Å². The fourth-order valence-electron chi connectivity index (χ4n) is 4.90. The summed E-state index contributed by atoms with van der Waals surface area (Å²) in [6, 6.07) is 27.6. The van der Waals surface area contributed by atoms with Gasteiger partial charge in [-0.1, -0.05) is 48.5 Å². The van der Waals surface area contributed by atoms with Crippen LogP contribution < -0.4 is 0 Å². The molecule has 138 valence electrons. The smallest absolute Gasteiger partial charge is 0.127 e. The third-order valence-electron chi connectivity index (χ3n) is 6.32. The standard InChI is InChI=1S/C28H19F/c1-16-11-26(29)17(2)28-25-15-21-10-6-4-8-19(21)13-23(25)22-12-18-7-3-5-9-20(18)14-24(22)27(16)28/h3-15H,1-2H3. The Labute approximate surface area is 168 Å². The molecule has 0 unspecified atom stereocenters. The van der Waals surface area contributed by atoms with Crippen molar-refractivity contribution in [2.75, 3.05) is 0 Å². The van der Waals surface area contributed by atoms with Crippen molar-refractivity contribution < 1.29 is 4.39 Å². The van der Waals surface area contributed by atoms with Crippen molar-refractivity contribution in [3.8, 4) is 0 Å². The molecule has 29 heavy (non-hydrogen) atoms. The van der Waals surface area contributed by atoms with Crippen LogP contribution in [0.2, 0.25) is 0 Å². The van der Waals surface area contributed by atoms with Crippen LogP contribution in [0, 0.1) is 19.7 Å². The zero-order valence-electron chi connectivity index (χ0n) is 16.4. The van der Waals surface area contributed by atoms with Gasteiger partial charge < -0.3 is 0 Å². The van der Waals surface area contributed by atoms with Crippen LogP contribution in [0.3, 0.4) is 0 Å². The van der Waals surface area contributed by atoms with E-state index in [9.17, 15) is 4.39 Å². The Hall–Kier alpha value is -3.45. The normalized spacial score (nSPS) is 12.0. The molecule has 6 aromatic carbocycles. The number of hydrogen-bond donors (Lipinski definition) is 0. The maximum absolute atomic E-state index is 14.8. The minimum Gasteiger partial charge on any atom is -0.207 e. The highest BCUT2D eigenvalue weighted by atomic mass is 19.1. The quantitative estimate of drug-likeness (QED) is 0.186. The SMILES string of the molecule is Cc1cc(F)c(C)c2c3cc4ccccc4cc3c3cc4ccccc4cc3c12. The molecule has 0 N–H and O–H groups in total. The summed E-state index contributed by atoms with van der Waals surface area (Å²) in [4.78, 5) is 0. The summed E-state index contributed by atoms with van der Waals surface area (Å²) in [5.41, 5.74) is 1.71. The monoisotopic (exact) mass is 374 g/mol. The Morgan fingerprint density at radius 1 is 0.517 bits per heavy atom. The summed E-state index contributed by atoms with van der Waals surface area (Å²) >= 11 is 0. The summed E-state index contributed by atoms with van der Waals surface area (Å²) in [6.45, 7) is 3.92. The Bertz CT molecular complexity index is 1620. The van der Waals surface area contributed by atoms with Crippen molar-refractivity contribution in [1.29, 1.82) is 0 Å². The number of hydrogen-bond acceptors (Lipinski definition) is 0. The van der Waals surface area contributed by atoms with Gasteiger partial charge in [-0.3, -0.25) is 0 Å². The summed E-state index contributed by atoms with van der Waals surface area (Å²) in [7, 11) is 0. The van der Waals surface area contributed by atoms with Gasteiger partial charge in [0.2, 0.25) is 0 Å². The van der Waals surface area contributed by atoms with E-state index in [1.165, 1.54) is 37.7 Å². The highest BCUT2D eigenvalue weighted by Gasteiger charge is 2.16. The molecule has 6 rings (SSSR count). The molecule has 0 saturated carbocycles. The predicted molar refractivity (Wildman–Crippen MR) is 123 cm³/mol. The van der Waals surface area contributed by atoms with E-state index in [0.29, 0.717) is 0 Å². The predicted octanol–water partition coefficient (Wildman–Crippen LogP) is 8.21. The highest BCUT2D eigenvalue weighted by molar-refractivity contribution is 6.30. The first-order chi connectivity index (χ1) is 14.1. The lowest BCUT2D eigenvalue weighted by Crippen LogP contribution is -1.93. The third kappa shape index (κ3) is 2.25. The van der Waals surface area contributed by atoms with Gasteiger partial charge in [-0.05, 0) is 109 Å². The molecular formula is C28H19F. The van der Waals surface area contributed by atoms with Crippen LogP contribution in [-0.4, -0.2) is 0 Å². The number of aryl methyl sites for hydroxylation is 2. The zero-order chi connectivity index (χ0) is 19.7. The molecule has 0 aromatic heterocycles. The van der Waals surface area contributed by atoms with Crippen LogP contribution in [0.15, 0.2) is 78.9 Å². The molecular weight excluding hydrogens is 355 g/mol. The summed E-state index contributed by atoms with van der Waals surface area (Å²) in [5.74, 6) is -0.135. The number of rotatable bonds is 0. The van der Waals surface area contributed by atoms with Gasteiger partial charge in [-0.15, -0.1) is 0 Å². The molecule has 0 bridgehead atoms. The van der Waals surface area contributed by atoms with Gasteiger partial charge >= 0.3 is 0 Å². The fourth-order valence-corrected chi connectivity index (χ4v) is 4.90. The summed E-state index contributed by atoms with van der Waals surface area (Å²) in [6.07, 6.45) is 0. The maximum atomic E-state index is 14.8. The van der Waals surface area contributed by atoms with E-state index < -0.39 is 0 Å². The molecule has 0 spiro atoms. The number of fused-ring (bicyclic) bond motifs is 8. The lowest BCUT2D eigenvalue weighted by atomic mass is 9.87. The van der Waals surface area contributed by atoms with Crippen molar-refractivity contribution in [2.24, 2.45) is 0 Å². The van der Waals surface area contributed by atoms with E-state index in [2.05, 4.69) is 72.8 Å². The van der Waals surface area contributed by atoms with Gasteiger partial charge in [0.05, 0.1) is 0 Å². The molecule has 0 aliphatic heterocycles. The van der Waals surface area contributed by atoms with E-state index in [4.69, 9.17) is 0 Å². The molecule has 6 aromatic rings. The number of halogens is 1. The first kappa shape index (κ1) is 16.5. The fraction of sp³-hybridized carbons (Fsp3) is 0.0714. The average molecular weight is 374 g/mol. The van der Waals surface area contributed by atoms with Crippen LogP contribution in [-0.2, 0) is 0 Å². The van der Waals surface area contributed by atoms with E-state index in [1.54, 1.807) is 6.07 Å². The molecule has 0 amide bonds. The zero-order valence-corrected chi connectivity index (χ0v) is 16.4. The average Bonchev–Trinajstić information content (AvgIpc) is 2.74. The van der Waals surface area contributed by atoms with E-state index in [0.717, 1.165) is 27.3 Å². The summed E-state index contributed by atoms with van der Waals surface area (Å²) in [5, 5.41) is 11.8. The minimum absolute atomic E-state index is 0.135. The van der Waals surface area contributed by atoms with Gasteiger partial charge in [-0.25, -0.2) is 4.39 Å². The third-order valence-corrected chi connectivity index (χ3v) is 6.32. The van der Waals surface area contributed by atoms with E-state index in [-0.39, 0.29) is 5.82 Å². The van der Waals surface area contributed by atoms with E-state index >= 15 is 0 Å².